The minimum Gasteiger partial charge on any atom is -0.345 e. The molecule has 0 spiro atoms. The Labute approximate surface area is 169 Å². The fraction of sp³-hybridized carbons (Fsp3) is 0.500. The van der Waals surface area contributed by atoms with E-state index in [9.17, 15) is 9.59 Å². The Hall–Kier alpha value is -2.83. The van der Waals surface area contributed by atoms with E-state index < -0.39 is 0 Å². The van der Waals surface area contributed by atoms with Crippen LogP contribution in [0.25, 0.3) is 0 Å². The standard InChI is InChI=1S/C22H25N5O2/c1-14-23-7-5-18(25-14)20(29)27-22-11-15-8-16(12-22)10-21(9-15,13-22)26-19(28)17-4-2-3-6-24-17/h2-7,15-16H,8-13H2,1H3,(H,26,28)(H,27,29). The molecular weight excluding hydrogens is 366 g/mol. The van der Waals surface area contributed by atoms with Gasteiger partial charge in [-0.1, -0.05) is 6.07 Å². The maximum absolute atomic E-state index is 12.9. The predicted molar refractivity (Wildman–Crippen MR) is 106 cm³/mol. The van der Waals surface area contributed by atoms with Crippen molar-refractivity contribution in [2.24, 2.45) is 11.8 Å². The van der Waals surface area contributed by atoms with Crippen molar-refractivity contribution in [1.29, 1.82) is 0 Å². The highest BCUT2D eigenvalue weighted by Gasteiger charge is 2.58. The van der Waals surface area contributed by atoms with Crippen molar-refractivity contribution in [2.45, 2.75) is 56.5 Å². The van der Waals surface area contributed by atoms with Crippen molar-refractivity contribution in [3.63, 3.8) is 0 Å². The summed E-state index contributed by atoms with van der Waals surface area (Å²) in [5.41, 5.74) is 0.294. The van der Waals surface area contributed by atoms with E-state index in [2.05, 4.69) is 25.6 Å². The fourth-order valence-corrected chi connectivity index (χ4v) is 6.24. The van der Waals surface area contributed by atoms with Crippen LogP contribution in [0.3, 0.4) is 0 Å². The molecule has 7 nitrogen and oxygen atoms in total. The molecule has 0 aliphatic heterocycles. The van der Waals surface area contributed by atoms with Gasteiger partial charge in [0.2, 0.25) is 0 Å². The topological polar surface area (TPSA) is 96.9 Å². The van der Waals surface area contributed by atoms with E-state index in [-0.39, 0.29) is 22.9 Å². The molecule has 7 heteroatoms. The van der Waals surface area contributed by atoms with Crippen LogP contribution in [0.2, 0.25) is 0 Å². The van der Waals surface area contributed by atoms with E-state index >= 15 is 0 Å². The lowest BCUT2D eigenvalue weighted by molar-refractivity contribution is -0.0449. The van der Waals surface area contributed by atoms with E-state index in [4.69, 9.17) is 0 Å². The Balaban J connectivity index is 1.38. The summed E-state index contributed by atoms with van der Waals surface area (Å²) in [5, 5.41) is 6.62. The summed E-state index contributed by atoms with van der Waals surface area (Å²) in [6, 6.07) is 7.03. The molecule has 2 N–H and O–H groups in total. The van der Waals surface area contributed by atoms with Gasteiger partial charge >= 0.3 is 0 Å². The molecule has 4 bridgehead atoms. The normalized spacial score (nSPS) is 32.0. The van der Waals surface area contributed by atoms with Crippen LogP contribution in [-0.4, -0.2) is 37.8 Å². The van der Waals surface area contributed by atoms with Gasteiger partial charge in [0.05, 0.1) is 0 Å². The predicted octanol–water partition coefficient (Wildman–Crippen LogP) is 2.43. The van der Waals surface area contributed by atoms with Crippen molar-refractivity contribution < 1.29 is 9.59 Å². The molecule has 150 valence electrons. The zero-order chi connectivity index (χ0) is 20.1. The third-order valence-corrected chi connectivity index (χ3v) is 6.72. The SMILES string of the molecule is Cc1nccc(C(=O)NC23CC4CC(CC(NC(=O)c5ccccn5)(C4)C2)C3)n1. The summed E-state index contributed by atoms with van der Waals surface area (Å²) in [4.78, 5) is 38.3. The van der Waals surface area contributed by atoms with E-state index in [1.54, 1.807) is 37.5 Å². The zero-order valence-electron chi connectivity index (χ0n) is 16.5. The second kappa shape index (κ2) is 6.61. The molecule has 2 atom stereocenters. The van der Waals surface area contributed by atoms with Crippen LogP contribution in [0.15, 0.2) is 36.7 Å². The monoisotopic (exact) mass is 391 g/mol. The number of nitrogens with one attached hydrogen (secondary N) is 2. The maximum Gasteiger partial charge on any atom is 0.270 e. The largest absolute Gasteiger partial charge is 0.345 e. The van der Waals surface area contributed by atoms with Crippen LogP contribution in [0.5, 0.6) is 0 Å². The average molecular weight is 391 g/mol. The third kappa shape index (κ3) is 3.39. The lowest BCUT2D eigenvalue weighted by Crippen LogP contribution is -2.70. The number of amides is 2. The lowest BCUT2D eigenvalue weighted by atomic mass is 9.49. The van der Waals surface area contributed by atoms with Crippen LogP contribution in [0, 0.1) is 18.8 Å². The van der Waals surface area contributed by atoms with Crippen LogP contribution < -0.4 is 10.6 Å². The van der Waals surface area contributed by atoms with Crippen molar-refractivity contribution in [2.75, 3.05) is 0 Å². The molecule has 4 aliphatic rings. The summed E-state index contributed by atoms with van der Waals surface area (Å²) >= 11 is 0. The van der Waals surface area contributed by atoms with Crippen LogP contribution >= 0.6 is 0 Å². The van der Waals surface area contributed by atoms with Gasteiger partial charge in [-0.05, 0) is 75.5 Å². The molecule has 2 aromatic heterocycles. The molecule has 2 unspecified atom stereocenters. The highest BCUT2D eigenvalue weighted by atomic mass is 16.2. The lowest BCUT2D eigenvalue weighted by Gasteiger charge is -2.62. The molecule has 4 aliphatic carbocycles. The Bertz CT molecular complexity index is 947. The molecule has 2 amide bonds. The summed E-state index contributed by atoms with van der Waals surface area (Å²) < 4.78 is 0. The first-order valence-corrected chi connectivity index (χ1v) is 10.3. The van der Waals surface area contributed by atoms with Crippen LogP contribution in [0.4, 0.5) is 0 Å². The van der Waals surface area contributed by atoms with Gasteiger partial charge in [-0.2, -0.15) is 0 Å². The third-order valence-electron chi connectivity index (χ3n) is 6.72. The first-order chi connectivity index (χ1) is 13.9. The van der Waals surface area contributed by atoms with Crippen LogP contribution in [0.1, 0.15) is 65.3 Å². The minimum absolute atomic E-state index is 0.125. The maximum atomic E-state index is 12.9. The quantitative estimate of drug-likeness (QED) is 0.834. The number of aromatic nitrogens is 3. The molecule has 0 radical (unpaired) electrons. The first kappa shape index (κ1) is 18.2. The molecule has 2 heterocycles. The molecular formula is C22H25N5O2. The van der Waals surface area contributed by atoms with Gasteiger partial charge in [0.15, 0.2) is 0 Å². The molecule has 4 saturated carbocycles. The smallest absolute Gasteiger partial charge is 0.270 e. The highest BCUT2D eigenvalue weighted by Crippen LogP contribution is 2.57. The van der Waals surface area contributed by atoms with E-state index in [1.807, 2.05) is 6.07 Å². The number of carbonyl (C=O) groups is 2. The van der Waals surface area contributed by atoms with Gasteiger partial charge in [0.1, 0.15) is 17.2 Å². The van der Waals surface area contributed by atoms with E-state index in [0.717, 1.165) is 32.1 Å². The number of rotatable bonds is 4. The number of carbonyl (C=O) groups excluding carboxylic acids is 2. The number of aryl methyl sites for hydroxylation is 1. The summed E-state index contributed by atoms with van der Waals surface area (Å²) in [7, 11) is 0. The zero-order valence-corrected chi connectivity index (χ0v) is 16.5. The van der Waals surface area contributed by atoms with Crippen molar-refractivity contribution in [3.8, 4) is 0 Å². The number of hydrogen-bond acceptors (Lipinski definition) is 5. The molecule has 6 rings (SSSR count). The Morgan fingerprint density at radius 3 is 2.14 bits per heavy atom. The second-order valence-corrected chi connectivity index (χ2v) is 9.13. The van der Waals surface area contributed by atoms with Crippen LogP contribution in [-0.2, 0) is 0 Å². The molecule has 2 aromatic rings. The molecule has 0 aromatic carbocycles. The van der Waals surface area contributed by atoms with Gasteiger partial charge in [0.25, 0.3) is 11.8 Å². The van der Waals surface area contributed by atoms with Crippen molar-refractivity contribution in [1.82, 2.24) is 25.6 Å². The van der Waals surface area contributed by atoms with Gasteiger partial charge in [-0.15, -0.1) is 0 Å². The van der Waals surface area contributed by atoms with Gasteiger partial charge < -0.3 is 10.6 Å². The summed E-state index contributed by atoms with van der Waals surface area (Å²) in [6.45, 7) is 1.78. The minimum atomic E-state index is -0.280. The summed E-state index contributed by atoms with van der Waals surface area (Å²) in [6.07, 6.45) is 9.11. The van der Waals surface area contributed by atoms with Gasteiger partial charge in [0, 0.05) is 23.5 Å². The van der Waals surface area contributed by atoms with E-state index in [1.165, 1.54) is 6.42 Å². The molecule has 4 fully saturated rings. The Morgan fingerprint density at radius 1 is 0.897 bits per heavy atom. The Morgan fingerprint density at radius 2 is 1.55 bits per heavy atom. The van der Waals surface area contributed by atoms with Gasteiger partial charge in [-0.25, -0.2) is 9.97 Å². The van der Waals surface area contributed by atoms with Crippen molar-refractivity contribution in [3.05, 3.63) is 53.9 Å². The second-order valence-electron chi connectivity index (χ2n) is 9.13. The van der Waals surface area contributed by atoms with Crippen molar-refractivity contribution >= 4 is 11.8 Å². The molecule has 29 heavy (non-hydrogen) atoms. The number of pyridine rings is 1. The highest BCUT2D eigenvalue weighted by molar-refractivity contribution is 5.93. The van der Waals surface area contributed by atoms with E-state index in [0.29, 0.717) is 29.0 Å². The first-order valence-electron chi connectivity index (χ1n) is 10.3. The average Bonchev–Trinajstić information content (AvgIpc) is 2.67. The van der Waals surface area contributed by atoms with Gasteiger partial charge in [-0.3, -0.25) is 14.6 Å². The number of hydrogen-bond donors (Lipinski definition) is 2. The molecule has 0 saturated heterocycles. The number of nitrogens with zero attached hydrogens (tertiary/aromatic N) is 3. The Kier molecular flexibility index (Phi) is 4.15. The fourth-order valence-electron chi connectivity index (χ4n) is 6.24. The summed E-state index contributed by atoms with van der Waals surface area (Å²) in [5.74, 6) is 1.35.